The first kappa shape index (κ1) is 22.5. The minimum atomic E-state index is -4.57. The van der Waals surface area contributed by atoms with E-state index in [9.17, 15) is 18.0 Å². The van der Waals surface area contributed by atoms with Gasteiger partial charge in [-0.3, -0.25) is 4.79 Å². The minimum Gasteiger partial charge on any atom is -0.468 e. The summed E-state index contributed by atoms with van der Waals surface area (Å²) >= 11 is 18.0. The average molecular weight is 478 g/mol. The number of halogens is 6. The van der Waals surface area contributed by atoms with Gasteiger partial charge in [-0.2, -0.15) is 13.2 Å². The Morgan fingerprint density at radius 3 is 2.23 bits per heavy atom. The molecule has 0 aliphatic carbocycles. The number of carbonyl (C=O) groups is 1. The van der Waals surface area contributed by atoms with E-state index in [2.05, 4.69) is 4.74 Å². The van der Waals surface area contributed by atoms with E-state index in [4.69, 9.17) is 39.5 Å². The van der Waals surface area contributed by atoms with Gasteiger partial charge >= 0.3 is 12.1 Å². The predicted molar refractivity (Wildman–Crippen MR) is 111 cm³/mol. The highest BCUT2D eigenvalue weighted by molar-refractivity contribution is 6.37. The second-order valence-electron chi connectivity index (χ2n) is 6.41. The van der Waals surface area contributed by atoms with Crippen LogP contribution in [0.15, 0.2) is 48.5 Å². The molecule has 0 N–H and O–H groups in total. The third-order valence-corrected chi connectivity index (χ3v) is 5.19. The lowest BCUT2D eigenvalue weighted by atomic mass is 10.0. The second-order valence-corrected chi connectivity index (χ2v) is 7.75. The lowest BCUT2D eigenvalue weighted by Crippen LogP contribution is -2.18. The zero-order valence-corrected chi connectivity index (χ0v) is 17.7. The predicted octanol–water partition coefficient (Wildman–Crippen LogP) is 7.28. The normalized spacial score (nSPS) is 12.6. The van der Waals surface area contributed by atoms with Crippen molar-refractivity contribution in [1.29, 1.82) is 0 Å². The van der Waals surface area contributed by atoms with Crippen molar-refractivity contribution in [2.24, 2.45) is 0 Å². The van der Waals surface area contributed by atoms with Gasteiger partial charge < -0.3 is 9.47 Å². The topological polar surface area (TPSA) is 35.5 Å². The first-order valence-electron chi connectivity index (χ1n) is 8.57. The van der Waals surface area contributed by atoms with E-state index in [0.717, 1.165) is 28.5 Å². The van der Waals surface area contributed by atoms with Crippen molar-refractivity contribution in [2.45, 2.75) is 18.0 Å². The van der Waals surface area contributed by atoms with Gasteiger partial charge in [0.15, 0.2) is 5.75 Å². The van der Waals surface area contributed by atoms with Gasteiger partial charge in [-0.15, -0.1) is 11.6 Å². The Balaban J connectivity index is 1.89. The highest BCUT2D eigenvalue weighted by Gasteiger charge is 2.32. The van der Waals surface area contributed by atoms with Crippen molar-refractivity contribution >= 4 is 51.5 Å². The summed E-state index contributed by atoms with van der Waals surface area (Å²) in [5.74, 6) is -0.271. The van der Waals surface area contributed by atoms with E-state index in [1.165, 1.54) is 7.11 Å². The Bertz CT molecular complexity index is 1080. The number of fused-ring (bicyclic) bond motifs is 1. The van der Waals surface area contributed by atoms with Gasteiger partial charge in [0.2, 0.25) is 0 Å². The molecule has 0 bridgehead atoms. The molecule has 1 atom stereocenters. The molecule has 3 aromatic carbocycles. The molecular weight excluding hydrogens is 464 g/mol. The number of carbonyl (C=O) groups excluding carboxylic acids is 1. The van der Waals surface area contributed by atoms with Crippen LogP contribution < -0.4 is 4.74 Å². The molecule has 158 valence electrons. The molecule has 0 aliphatic rings. The summed E-state index contributed by atoms with van der Waals surface area (Å²) in [6.07, 6.45) is -4.30. The Morgan fingerprint density at radius 1 is 1.00 bits per heavy atom. The van der Waals surface area contributed by atoms with Crippen molar-refractivity contribution < 1.29 is 27.4 Å². The number of hydrogen-bond acceptors (Lipinski definition) is 3. The number of esters is 1. The summed E-state index contributed by atoms with van der Waals surface area (Å²) in [6, 6.07) is 12.1. The van der Waals surface area contributed by atoms with Crippen molar-refractivity contribution in [1.82, 2.24) is 0 Å². The standard InChI is InChI=1S/C21H14Cl3F3O3/c1-29-20(28)18(24)7-11-2-3-12-4-5-15(8-13(12)6-11)30-19-16(22)9-14(10-17(19)23)21(25,26)27/h2-6,8-10,18H,7H2,1H3. The SMILES string of the molecule is COC(=O)C(Cl)Cc1ccc2ccc(Oc3c(Cl)cc(C(F)(F)F)cc3Cl)cc2c1. The van der Waals surface area contributed by atoms with Crippen LogP contribution >= 0.6 is 34.8 Å². The maximum absolute atomic E-state index is 12.9. The van der Waals surface area contributed by atoms with Crippen LogP contribution in [0.4, 0.5) is 13.2 Å². The summed E-state index contributed by atoms with van der Waals surface area (Å²) < 4.78 is 48.9. The molecular formula is C21H14Cl3F3O3. The van der Waals surface area contributed by atoms with Gasteiger partial charge in [0.1, 0.15) is 11.1 Å². The second kappa shape index (κ2) is 8.92. The van der Waals surface area contributed by atoms with Gasteiger partial charge in [-0.1, -0.05) is 47.5 Å². The summed E-state index contributed by atoms with van der Waals surface area (Å²) in [6.45, 7) is 0. The highest BCUT2D eigenvalue weighted by atomic mass is 35.5. The number of ether oxygens (including phenoxy) is 2. The maximum atomic E-state index is 12.9. The quantitative estimate of drug-likeness (QED) is 0.286. The Hall–Kier alpha value is -2.15. The van der Waals surface area contributed by atoms with E-state index in [0.29, 0.717) is 5.75 Å². The van der Waals surface area contributed by atoms with Gasteiger partial charge in [0, 0.05) is 0 Å². The molecule has 0 amide bonds. The molecule has 0 fully saturated rings. The Kier molecular flexibility index (Phi) is 6.70. The molecule has 3 aromatic rings. The fraction of sp³-hybridized carbons (Fsp3) is 0.190. The number of hydrogen-bond donors (Lipinski definition) is 0. The fourth-order valence-electron chi connectivity index (χ4n) is 2.82. The number of rotatable bonds is 5. The monoisotopic (exact) mass is 476 g/mol. The molecule has 1 unspecified atom stereocenters. The molecule has 0 heterocycles. The molecule has 0 aliphatic heterocycles. The molecule has 0 aromatic heterocycles. The minimum absolute atomic E-state index is 0.0756. The molecule has 9 heteroatoms. The maximum Gasteiger partial charge on any atom is 0.416 e. The zero-order chi connectivity index (χ0) is 22.1. The van der Waals surface area contributed by atoms with Crippen LogP contribution in [0.5, 0.6) is 11.5 Å². The smallest absolute Gasteiger partial charge is 0.416 e. The molecule has 0 saturated carbocycles. The van der Waals surface area contributed by atoms with Gasteiger partial charge in [0.05, 0.1) is 22.7 Å². The van der Waals surface area contributed by atoms with Gasteiger partial charge in [-0.25, -0.2) is 0 Å². The summed E-state index contributed by atoms with van der Waals surface area (Å²) in [4.78, 5) is 11.5. The van der Waals surface area contributed by atoms with Crippen LogP contribution in [-0.4, -0.2) is 18.5 Å². The van der Waals surface area contributed by atoms with Gasteiger partial charge in [0.25, 0.3) is 0 Å². The van der Waals surface area contributed by atoms with Crippen LogP contribution in [-0.2, 0) is 22.1 Å². The van der Waals surface area contributed by atoms with E-state index in [-0.39, 0.29) is 22.2 Å². The molecule has 0 spiro atoms. The highest BCUT2D eigenvalue weighted by Crippen LogP contribution is 2.42. The molecule has 0 saturated heterocycles. The summed E-state index contributed by atoms with van der Waals surface area (Å²) in [7, 11) is 1.26. The van der Waals surface area contributed by atoms with Crippen molar-refractivity contribution in [2.75, 3.05) is 7.11 Å². The van der Waals surface area contributed by atoms with Crippen LogP contribution in [0.1, 0.15) is 11.1 Å². The molecule has 0 radical (unpaired) electrons. The zero-order valence-electron chi connectivity index (χ0n) is 15.4. The van der Waals surface area contributed by atoms with Crippen LogP contribution in [0.25, 0.3) is 10.8 Å². The third-order valence-electron chi connectivity index (χ3n) is 4.29. The van der Waals surface area contributed by atoms with E-state index in [1.807, 2.05) is 18.2 Å². The number of methoxy groups -OCH3 is 1. The lowest BCUT2D eigenvalue weighted by Gasteiger charge is -2.14. The van der Waals surface area contributed by atoms with E-state index in [1.54, 1.807) is 18.2 Å². The summed E-state index contributed by atoms with van der Waals surface area (Å²) in [5, 5.41) is 0.327. The fourth-order valence-corrected chi connectivity index (χ4v) is 3.65. The van der Waals surface area contributed by atoms with Crippen molar-refractivity contribution in [3.8, 4) is 11.5 Å². The van der Waals surface area contributed by atoms with Crippen molar-refractivity contribution in [3.05, 3.63) is 69.7 Å². The van der Waals surface area contributed by atoms with Crippen LogP contribution in [0.3, 0.4) is 0 Å². The Morgan fingerprint density at radius 2 is 1.63 bits per heavy atom. The lowest BCUT2D eigenvalue weighted by molar-refractivity contribution is -0.140. The molecule has 30 heavy (non-hydrogen) atoms. The Labute approximate surface area is 185 Å². The average Bonchev–Trinajstić information content (AvgIpc) is 2.68. The molecule has 3 nitrogen and oxygen atoms in total. The van der Waals surface area contributed by atoms with E-state index < -0.39 is 23.1 Å². The van der Waals surface area contributed by atoms with E-state index >= 15 is 0 Å². The first-order chi connectivity index (χ1) is 14.1. The number of alkyl halides is 4. The summed E-state index contributed by atoms with van der Waals surface area (Å²) in [5.41, 5.74) is -0.162. The van der Waals surface area contributed by atoms with Gasteiger partial charge in [-0.05, 0) is 47.0 Å². The van der Waals surface area contributed by atoms with Crippen LogP contribution in [0, 0.1) is 0 Å². The van der Waals surface area contributed by atoms with Crippen LogP contribution in [0.2, 0.25) is 10.0 Å². The third kappa shape index (κ3) is 5.12. The van der Waals surface area contributed by atoms with Crippen molar-refractivity contribution in [3.63, 3.8) is 0 Å². The number of benzene rings is 3. The first-order valence-corrected chi connectivity index (χ1v) is 9.76. The largest absolute Gasteiger partial charge is 0.468 e. The molecule has 3 rings (SSSR count).